The molecule has 1 aromatic heterocycles. The second kappa shape index (κ2) is 4.84. The summed E-state index contributed by atoms with van der Waals surface area (Å²) in [5.74, 6) is -0.205. The Labute approximate surface area is 105 Å². The zero-order valence-corrected chi connectivity index (χ0v) is 10.4. The van der Waals surface area contributed by atoms with Gasteiger partial charge in [-0.25, -0.2) is 0 Å². The van der Waals surface area contributed by atoms with E-state index in [4.69, 9.17) is 9.52 Å². The van der Waals surface area contributed by atoms with Crippen LogP contribution in [0.1, 0.15) is 48.9 Å². The Morgan fingerprint density at radius 2 is 2.17 bits per heavy atom. The van der Waals surface area contributed by atoms with Gasteiger partial charge < -0.3 is 14.8 Å². The highest BCUT2D eigenvalue weighted by Crippen LogP contribution is 2.35. The van der Waals surface area contributed by atoms with Gasteiger partial charge >= 0.3 is 5.97 Å². The molecule has 0 spiro atoms. The van der Waals surface area contributed by atoms with Crippen LogP contribution in [0.15, 0.2) is 16.5 Å². The molecular formula is C13H17NO4. The third-order valence-electron chi connectivity index (χ3n) is 3.41. The zero-order chi connectivity index (χ0) is 13.2. The Morgan fingerprint density at radius 1 is 1.44 bits per heavy atom. The SMILES string of the molecule is CCc1ccc(C(=O)NC2(CC(=O)O)CCC2)o1. The monoisotopic (exact) mass is 251 g/mol. The van der Waals surface area contributed by atoms with Gasteiger partial charge in [0, 0.05) is 6.42 Å². The quantitative estimate of drug-likeness (QED) is 0.838. The van der Waals surface area contributed by atoms with Gasteiger partial charge in [-0.05, 0) is 31.4 Å². The van der Waals surface area contributed by atoms with E-state index in [1.807, 2.05) is 6.92 Å². The molecular weight excluding hydrogens is 234 g/mol. The van der Waals surface area contributed by atoms with E-state index in [-0.39, 0.29) is 18.1 Å². The number of nitrogens with one attached hydrogen (secondary N) is 1. The molecule has 0 atom stereocenters. The minimum Gasteiger partial charge on any atom is -0.481 e. The van der Waals surface area contributed by atoms with Crippen molar-refractivity contribution in [1.29, 1.82) is 0 Å². The van der Waals surface area contributed by atoms with E-state index in [0.717, 1.165) is 18.6 Å². The van der Waals surface area contributed by atoms with Gasteiger partial charge in [-0.2, -0.15) is 0 Å². The molecule has 0 aromatic carbocycles. The number of carbonyl (C=O) groups is 2. The molecule has 0 saturated heterocycles. The summed E-state index contributed by atoms with van der Waals surface area (Å²) in [4.78, 5) is 22.8. The van der Waals surface area contributed by atoms with Crippen molar-refractivity contribution in [2.24, 2.45) is 0 Å². The predicted molar refractivity (Wildman–Crippen MR) is 64.4 cm³/mol. The third-order valence-corrected chi connectivity index (χ3v) is 3.41. The minimum absolute atomic E-state index is 0.0277. The van der Waals surface area contributed by atoms with E-state index in [1.165, 1.54) is 0 Å². The van der Waals surface area contributed by atoms with Crippen LogP contribution >= 0.6 is 0 Å². The van der Waals surface area contributed by atoms with E-state index >= 15 is 0 Å². The van der Waals surface area contributed by atoms with Crippen LogP contribution < -0.4 is 5.32 Å². The minimum atomic E-state index is -0.885. The molecule has 1 heterocycles. The van der Waals surface area contributed by atoms with Gasteiger partial charge in [0.15, 0.2) is 5.76 Å². The van der Waals surface area contributed by atoms with Crippen molar-refractivity contribution < 1.29 is 19.1 Å². The maximum absolute atomic E-state index is 12.0. The molecule has 5 heteroatoms. The first-order chi connectivity index (χ1) is 8.54. The number of carboxylic acid groups (broad SMARTS) is 1. The lowest BCUT2D eigenvalue weighted by Crippen LogP contribution is -2.54. The Bertz CT molecular complexity index is 459. The number of amides is 1. The summed E-state index contributed by atoms with van der Waals surface area (Å²) in [6.07, 6.45) is 3.08. The smallest absolute Gasteiger partial charge is 0.305 e. The molecule has 5 nitrogen and oxygen atoms in total. The number of furan rings is 1. The summed E-state index contributed by atoms with van der Waals surface area (Å²) in [6, 6.07) is 3.39. The van der Waals surface area contributed by atoms with Gasteiger partial charge in [0.25, 0.3) is 5.91 Å². The third kappa shape index (κ3) is 2.55. The molecule has 0 unspecified atom stereocenters. The predicted octanol–water partition coefficient (Wildman–Crippen LogP) is 1.97. The lowest BCUT2D eigenvalue weighted by molar-refractivity contribution is -0.139. The number of carboxylic acids is 1. The van der Waals surface area contributed by atoms with Gasteiger partial charge in [-0.3, -0.25) is 9.59 Å². The zero-order valence-electron chi connectivity index (χ0n) is 10.4. The van der Waals surface area contributed by atoms with Gasteiger partial charge in [0.05, 0.1) is 12.0 Å². The van der Waals surface area contributed by atoms with Crippen molar-refractivity contribution in [2.45, 2.75) is 44.6 Å². The number of hydrogen-bond donors (Lipinski definition) is 2. The Kier molecular flexibility index (Phi) is 3.41. The van der Waals surface area contributed by atoms with Crippen molar-refractivity contribution in [3.8, 4) is 0 Å². The summed E-state index contributed by atoms with van der Waals surface area (Å²) in [5, 5.41) is 11.7. The molecule has 2 rings (SSSR count). The van der Waals surface area contributed by atoms with E-state index in [2.05, 4.69) is 5.32 Å². The van der Waals surface area contributed by atoms with Gasteiger partial charge in [-0.1, -0.05) is 6.92 Å². The number of aryl methyl sites for hydroxylation is 1. The van der Waals surface area contributed by atoms with Crippen molar-refractivity contribution in [3.63, 3.8) is 0 Å². The fraction of sp³-hybridized carbons (Fsp3) is 0.538. The average molecular weight is 251 g/mol. The highest BCUT2D eigenvalue weighted by atomic mass is 16.4. The summed E-state index contributed by atoms with van der Waals surface area (Å²) in [6.45, 7) is 1.94. The van der Waals surface area contributed by atoms with Crippen LogP contribution in [0.4, 0.5) is 0 Å². The molecule has 1 fully saturated rings. The van der Waals surface area contributed by atoms with Crippen LogP contribution in [0.25, 0.3) is 0 Å². The first-order valence-electron chi connectivity index (χ1n) is 6.18. The average Bonchev–Trinajstić information content (AvgIpc) is 2.73. The van der Waals surface area contributed by atoms with E-state index < -0.39 is 11.5 Å². The molecule has 0 bridgehead atoms. The lowest BCUT2D eigenvalue weighted by atomic mass is 9.74. The van der Waals surface area contributed by atoms with Crippen molar-refractivity contribution >= 4 is 11.9 Å². The molecule has 0 radical (unpaired) electrons. The molecule has 1 aliphatic carbocycles. The Balaban J connectivity index is 2.03. The molecule has 1 amide bonds. The Hall–Kier alpha value is -1.78. The highest BCUT2D eigenvalue weighted by molar-refractivity contribution is 5.92. The van der Waals surface area contributed by atoms with Crippen LogP contribution in [-0.2, 0) is 11.2 Å². The normalized spacial score (nSPS) is 16.9. The molecule has 0 aliphatic heterocycles. The molecule has 2 N–H and O–H groups in total. The standard InChI is InChI=1S/C13H17NO4/c1-2-9-4-5-10(18-9)12(17)14-13(6-3-7-13)8-11(15)16/h4-5H,2-3,6-8H2,1H3,(H,14,17)(H,15,16). The van der Waals surface area contributed by atoms with Crippen molar-refractivity contribution in [3.05, 3.63) is 23.7 Å². The topological polar surface area (TPSA) is 79.5 Å². The number of carbonyl (C=O) groups excluding carboxylic acids is 1. The lowest BCUT2D eigenvalue weighted by Gasteiger charge is -2.41. The highest BCUT2D eigenvalue weighted by Gasteiger charge is 2.40. The summed E-state index contributed by atoms with van der Waals surface area (Å²) in [7, 11) is 0. The van der Waals surface area contributed by atoms with Gasteiger partial charge in [-0.15, -0.1) is 0 Å². The molecule has 1 saturated carbocycles. The van der Waals surface area contributed by atoms with Crippen LogP contribution in [0.3, 0.4) is 0 Å². The van der Waals surface area contributed by atoms with E-state index in [0.29, 0.717) is 12.8 Å². The van der Waals surface area contributed by atoms with Crippen LogP contribution in [-0.4, -0.2) is 22.5 Å². The Morgan fingerprint density at radius 3 is 2.61 bits per heavy atom. The fourth-order valence-electron chi connectivity index (χ4n) is 2.23. The van der Waals surface area contributed by atoms with Crippen LogP contribution in [0.2, 0.25) is 0 Å². The first-order valence-corrected chi connectivity index (χ1v) is 6.18. The molecule has 1 aromatic rings. The maximum Gasteiger partial charge on any atom is 0.305 e. The summed E-state index contributed by atoms with van der Waals surface area (Å²) in [5.41, 5.74) is -0.581. The van der Waals surface area contributed by atoms with Crippen LogP contribution in [0.5, 0.6) is 0 Å². The summed E-state index contributed by atoms with van der Waals surface area (Å²) < 4.78 is 5.35. The summed E-state index contributed by atoms with van der Waals surface area (Å²) >= 11 is 0. The van der Waals surface area contributed by atoms with Crippen LogP contribution in [0, 0.1) is 0 Å². The fourth-order valence-corrected chi connectivity index (χ4v) is 2.23. The second-order valence-corrected chi connectivity index (χ2v) is 4.78. The largest absolute Gasteiger partial charge is 0.481 e. The maximum atomic E-state index is 12.0. The molecule has 1 aliphatic rings. The number of hydrogen-bond acceptors (Lipinski definition) is 3. The van der Waals surface area contributed by atoms with Crippen molar-refractivity contribution in [1.82, 2.24) is 5.32 Å². The van der Waals surface area contributed by atoms with Gasteiger partial charge in [0.1, 0.15) is 5.76 Å². The molecule has 98 valence electrons. The van der Waals surface area contributed by atoms with E-state index in [1.54, 1.807) is 12.1 Å². The number of rotatable bonds is 5. The number of aliphatic carboxylic acids is 1. The van der Waals surface area contributed by atoms with Gasteiger partial charge in [0.2, 0.25) is 0 Å². The second-order valence-electron chi connectivity index (χ2n) is 4.78. The first kappa shape index (κ1) is 12.7. The van der Waals surface area contributed by atoms with E-state index in [9.17, 15) is 9.59 Å². The molecule has 18 heavy (non-hydrogen) atoms. The van der Waals surface area contributed by atoms with Crippen molar-refractivity contribution in [2.75, 3.05) is 0 Å².